The molecule has 0 aromatic heterocycles. The van der Waals surface area contributed by atoms with Gasteiger partial charge < -0.3 is 14.8 Å². The molecular formula is C19H19N3O5S. The Morgan fingerprint density at radius 3 is 2.79 bits per heavy atom. The molecule has 1 atom stereocenters. The van der Waals surface area contributed by atoms with Crippen LogP contribution in [0.25, 0.3) is 0 Å². The van der Waals surface area contributed by atoms with Crippen LogP contribution in [0.5, 0.6) is 5.75 Å². The van der Waals surface area contributed by atoms with Gasteiger partial charge in [-0.15, -0.1) is 0 Å². The van der Waals surface area contributed by atoms with Crippen molar-refractivity contribution in [1.29, 1.82) is 5.26 Å². The number of amides is 1. The normalized spacial score (nSPS) is 16.4. The maximum Gasteiger partial charge on any atom is 0.259 e. The Hall–Kier alpha value is -2.93. The van der Waals surface area contributed by atoms with E-state index in [1.165, 1.54) is 31.4 Å². The van der Waals surface area contributed by atoms with Crippen LogP contribution >= 0.6 is 0 Å². The molecule has 28 heavy (non-hydrogen) atoms. The second-order valence-electron chi connectivity index (χ2n) is 6.19. The Labute approximate surface area is 163 Å². The monoisotopic (exact) mass is 401 g/mol. The first-order chi connectivity index (χ1) is 13.4. The van der Waals surface area contributed by atoms with Crippen molar-refractivity contribution < 1.29 is 22.7 Å². The predicted molar refractivity (Wildman–Crippen MR) is 102 cm³/mol. The molecule has 0 aliphatic carbocycles. The van der Waals surface area contributed by atoms with E-state index in [4.69, 9.17) is 14.7 Å². The number of benzene rings is 2. The number of ether oxygens (including phenoxy) is 2. The van der Waals surface area contributed by atoms with E-state index in [1.54, 1.807) is 18.2 Å². The van der Waals surface area contributed by atoms with Crippen LogP contribution in [-0.2, 0) is 14.8 Å². The fourth-order valence-electron chi connectivity index (χ4n) is 2.81. The van der Waals surface area contributed by atoms with Gasteiger partial charge >= 0.3 is 0 Å². The number of hydrogen-bond donors (Lipinski definition) is 2. The Bertz CT molecular complexity index is 1020. The van der Waals surface area contributed by atoms with Crippen molar-refractivity contribution in [3.63, 3.8) is 0 Å². The molecule has 0 radical (unpaired) electrons. The lowest BCUT2D eigenvalue weighted by Crippen LogP contribution is -2.35. The Balaban J connectivity index is 1.88. The van der Waals surface area contributed by atoms with E-state index in [1.807, 2.05) is 6.07 Å². The van der Waals surface area contributed by atoms with Gasteiger partial charge in [-0.05, 0) is 42.8 Å². The van der Waals surface area contributed by atoms with Crippen LogP contribution in [0, 0.1) is 11.3 Å². The highest BCUT2D eigenvalue weighted by Gasteiger charge is 2.25. The summed E-state index contributed by atoms with van der Waals surface area (Å²) in [6, 6.07) is 12.2. The van der Waals surface area contributed by atoms with Gasteiger partial charge in [0.2, 0.25) is 10.0 Å². The van der Waals surface area contributed by atoms with Crippen molar-refractivity contribution in [2.45, 2.75) is 17.4 Å². The fraction of sp³-hybridized carbons (Fsp3) is 0.263. The number of rotatable bonds is 6. The average molecular weight is 401 g/mol. The smallest absolute Gasteiger partial charge is 0.259 e. The van der Waals surface area contributed by atoms with Crippen molar-refractivity contribution >= 4 is 21.6 Å². The minimum absolute atomic E-state index is 0.0453. The predicted octanol–water partition coefficient (Wildman–Crippen LogP) is 1.89. The maximum absolute atomic E-state index is 12.7. The molecule has 146 valence electrons. The molecule has 1 fully saturated rings. The average Bonchev–Trinajstić information content (AvgIpc) is 3.19. The van der Waals surface area contributed by atoms with Crippen LogP contribution in [0.15, 0.2) is 47.4 Å². The van der Waals surface area contributed by atoms with Crippen LogP contribution in [0.2, 0.25) is 0 Å². The second-order valence-corrected chi connectivity index (χ2v) is 7.90. The first-order valence-corrected chi connectivity index (χ1v) is 10.0. The summed E-state index contributed by atoms with van der Waals surface area (Å²) < 4.78 is 38.2. The van der Waals surface area contributed by atoms with Crippen LogP contribution in [0.4, 0.5) is 5.69 Å². The molecule has 0 saturated carbocycles. The van der Waals surface area contributed by atoms with Crippen molar-refractivity contribution in [2.24, 2.45) is 0 Å². The molecule has 0 spiro atoms. The zero-order valence-corrected chi connectivity index (χ0v) is 16.0. The highest BCUT2D eigenvalue weighted by molar-refractivity contribution is 7.89. The highest BCUT2D eigenvalue weighted by Crippen LogP contribution is 2.24. The van der Waals surface area contributed by atoms with Gasteiger partial charge in [-0.25, -0.2) is 13.1 Å². The minimum atomic E-state index is -3.82. The second kappa shape index (κ2) is 8.39. The van der Waals surface area contributed by atoms with Crippen molar-refractivity contribution in [3.05, 3.63) is 53.6 Å². The van der Waals surface area contributed by atoms with E-state index in [9.17, 15) is 13.2 Å². The van der Waals surface area contributed by atoms with E-state index in [-0.39, 0.29) is 22.3 Å². The molecule has 2 N–H and O–H groups in total. The van der Waals surface area contributed by atoms with Crippen molar-refractivity contribution in [2.75, 3.05) is 25.6 Å². The van der Waals surface area contributed by atoms with Gasteiger partial charge in [-0.3, -0.25) is 4.79 Å². The van der Waals surface area contributed by atoms with Gasteiger partial charge in [-0.2, -0.15) is 5.26 Å². The van der Waals surface area contributed by atoms with Crippen LogP contribution < -0.4 is 14.8 Å². The van der Waals surface area contributed by atoms with E-state index in [0.29, 0.717) is 30.9 Å². The number of nitrogens with one attached hydrogen (secondary N) is 2. The van der Waals surface area contributed by atoms with Crippen LogP contribution in [0.3, 0.4) is 0 Å². The molecule has 1 aliphatic heterocycles. The van der Waals surface area contributed by atoms with E-state index >= 15 is 0 Å². The van der Waals surface area contributed by atoms with Gasteiger partial charge in [0.15, 0.2) is 0 Å². The Morgan fingerprint density at radius 2 is 2.11 bits per heavy atom. The number of nitriles is 1. The molecule has 0 bridgehead atoms. The summed E-state index contributed by atoms with van der Waals surface area (Å²) in [4.78, 5) is 12.7. The van der Waals surface area contributed by atoms with Gasteiger partial charge in [0.25, 0.3) is 5.91 Å². The standard InChI is InChI=1S/C19H19N3O5S/c1-26-18-6-5-16(28(24,25)22-15-7-8-27-12-15)10-17(18)19(23)21-14-4-2-3-13(9-14)11-20/h2-6,9-10,15,22H,7-8,12H2,1H3,(H,21,23). The molecule has 8 nitrogen and oxygen atoms in total. The summed E-state index contributed by atoms with van der Waals surface area (Å²) in [5.74, 6) is -0.315. The van der Waals surface area contributed by atoms with E-state index < -0.39 is 15.9 Å². The molecule has 3 rings (SSSR count). The third-order valence-corrected chi connectivity index (χ3v) is 5.75. The number of anilines is 1. The molecule has 1 heterocycles. The summed E-state index contributed by atoms with van der Waals surface area (Å²) in [5.41, 5.74) is 0.875. The summed E-state index contributed by atoms with van der Waals surface area (Å²) in [5, 5.41) is 11.6. The molecule has 1 unspecified atom stereocenters. The minimum Gasteiger partial charge on any atom is -0.496 e. The topological polar surface area (TPSA) is 118 Å². The van der Waals surface area contributed by atoms with E-state index in [2.05, 4.69) is 10.0 Å². The largest absolute Gasteiger partial charge is 0.496 e. The van der Waals surface area contributed by atoms with Gasteiger partial charge in [-0.1, -0.05) is 6.07 Å². The number of methoxy groups -OCH3 is 1. The molecule has 1 amide bonds. The molecular weight excluding hydrogens is 382 g/mol. The third-order valence-electron chi connectivity index (χ3n) is 4.23. The lowest BCUT2D eigenvalue weighted by atomic mass is 10.1. The number of carbonyl (C=O) groups is 1. The first-order valence-electron chi connectivity index (χ1n) is 8.52. The SMILES string of the molecule is COc1ccc(S(=O)(=O)NC2CCOC2)cc1C(=O)Nc1cccc(C#N)c1. The van der Waals surface area contributed by atoms with E-state index in [0.717, 1.165) is 0 Å². The maximum atomic E-state index is 12.7. The van der Waals surface area contributed by atoms with Crippen molar-refractivity contribution in [1.82, 2.24) is 4.72 Å². The zero-order valence-electron chi connectivity index (χ0n) is 15.1. The van der Waals surface area contributed by atoms with Crippen molar-refractivity contribution in [3.8, 4) is 11.8 Å². The first kappa shape index (κ1) is 19.8. The Morgan fingerprint density at radius 1 is 1.29 bits per heavy atom. The number of sulfonamides is 1. The fourth-order valence-corrected chi connectivity index (χ4v) is 4.09. The molecule has 9 heteroatoms. The van der Waals surface area contributed by atoms with Crippen LogP contribution in [0.1, 0.15) is 22.3 Å². The summed E-state index contributed by atoms with van der Waals surface area (Å²) in [6.45, 7) is 0.823. The lowest BCUT2D eigenvalue weighted by Gasteiger charge is -2.14. The van der Waals surface area contributed by atoms with Gasteiger partial charge in [0.05, 0.1) is 35.8 Å². The molecule has 1 saturated heterocycles. The highest BCUT2D eigenvalue weighted by atomic mass is 32.2. The number of nitrogens with zero attached hydrogens (tertiary/aromatic N) is 1. The lowest BCUT2D eigenvalue weighted by molar-refractivity contribution is 0.102. The molecule has 1 aliphatic rings. The third kappa shape index (κ3) is 4.48. The quantitative estimate of drug-likeness (QED) is 0.763. The number of hydrogen-bond acceptors (Lipinski definition) is 6. The summed E-state index contributed by atoms with van der Waals surface area (Å²) in [6.07, 6.45) is 0.595. The summed E-state index contributed by atoms with van der Waals surface area (Å²) in [7, 11) is -2.42. The molecule has 2 aromatic rings. The number of carbonyl (C=O) groups excluding carboxylic acids is 1. The van der Waals surface area contributed by atoms with Gasteiger partial charge in [0.1, 0.15) is 5.75 Å². The molecule has 2 aromatic carbocycles. The zero-order chi connectivity index (χ0) is 20.1. The summed E-state index contributed by atoms with van der Waals surface area (Å²) >= 11 is 0. The van der Waals surface area contributed by atoms with Crippen LogP contribution in [-0.4, -0.2) is 40.7 Å². The Kier molecular flexibility index (Phi) is 5.94. The van der Waals surface area contributed by atoms with Gasteiger partial charge in [0, 0.05) is 18.3 Å².